The minimum Gasteiger partial charge on any atom is -0.503 e. The van der Waals surface area contributed by atoms with Gasteiger partial charge in [-0.25, -0.2) is 0 Å². The Morgan fingerprint density at radius 2 is 2.04 bits per heavy atom. The van der Waals surface area contributed by atoms with Gasteiger partial charge in [0, 0.05) is 11.1 Å². The maximum absolute atomic E-state index is 13.1. The summed E-state index contributed by atoms with van der Waals surface area (Å²) in [6.07, 6.45) is 1.66. The first-order chi connectivity index (χ1) is 13.1. The molecule has 4 rings (SSSR count). The number of aliphatic hydroxyl groups excluding tert-OH is 1. The van der Waals surface area contributed by atoms with E-state index in [1.165, 1.54) is 27.6 Å². The van der Waals surface area contributed by atoms with E-state index in [1.54, 1.807) is 29.8 Å². The number of aliphatic hydroxyl groups is 1. The van der Waals surface area contributed by atoms with E-state index in [2.05, 4.69) is 4.98 Å². The lowest BCUT2D eigenvalue weighted by molar-refractivity contribution is -0.130. The van der Waals surface area contributed by atoms with Crippen LogP contribution in [-0.4, -0.2) is 26.7 Å². The van der Waals surface area contributed by atoms with E-state index in [0.717, 1.165) is 10.4 Å². The SMILES string of the molecule is Cc1ccsc1C1C(C(=O)c2cccs2)=C(O)C(=O)N1Cc1ccccn1. The summed E-state index contributed by atoms with van der Waals surface area (Å²) in [6, 6.07) is 10.3. The van der Waals surface area contributed by atoms with Crippen LogP contribution in [0.1, 0.15) is 31.8 Å². The number of hydrogen-bond acceptors (Lipinski definition) is 6. The molecule has 0 aliphatic carbocycles. The zero-order chi connectivity index (χ0) is 19.0. The molecule has 0 radical (unpaired) electrons. The molecule has 1 aliphatic rings. The molecule has 27 heavy (non-hydrogen) atoms. The van der Waals surface area contributed by atoms with Crippen molar-refractivity contribution in [2.24, 2.45) is 0 Å². The van der Waals surface area contributed by atoms with Crippen molar-refractivity contribution in [3.8, 4) is 0 Å². The standard InChI is InChI=1S/C20H16N2O3S2/c1-12-7-10-27-19(12)16-15(17(23)14-6-4-9-26-14)18(24)20(25)22(16)11-13-5-2-3-8-21-13/h2-10,16,24H,11H2,1H3. The lowest BCUT2D eigenvalue weighted by Crippen LogP contribution is -2.30. The first kappa shape index (κ1) is 17.6. The predicted octanol–water partition coefficient (Wildman–Crippen LogP) is 4.29. The fourth-order valence-corrected chi connectivity index (χ4v) is 4.92. The Labute approximate surface area is 164 Å². The summed E-state index contributed by atoms with van der Waals surface area (Å²) >= 11 is 2.77. The average Bonchev–Trinajstić information content (AvgIpc) is 3.39. The molecule has 0 saturated carbocycles. The largest absolute Gasteiger partial charge is 0.503 e. The number of thiophene rings is 2. The van der Waals surface area contributed by atoms with Gasteiger partial charge in [-0.1, -0.05) is 12.1 Å². The molecular formula is C20H16N2O3S2. The van der Waals surface area contributed by atoms with Gasteiger partial charge in [-0.05, 0) is 47.5 Å². The summed E-state index contributed by atoms with van der Waals surface area (Å²) < 4.78 is 0. The number of amides is 1. The van der Waals surface area contributed by atoms with Crippen LogP contribution in [0, 0.1) is 6.92 Å². The van der Waals surface area contributed by atoms with E-state index < -0.39 is 17.7 Å². The lowest BCUT2D eigenvalue weighted by atomic mass is 9.99. The zero-order valence-electron chi connectivity index (χ0n) is 14.5. The highest BCUT2D eigenvalue weighted by molar-refractivity contribution is 7.12. The number of carbonyl (C=O) groups is 2. The van der Waals surface area contributed by atoms with Gasteiger partial charge in [-0.2, -0.15) is 0 Å². The summed E-state index contributed by atoms with van der Waals surface area (Å²) in [5.74, 6) is -1.32. The third-order valence-electron chi connectivity index (χ3n) is 4.50. The van der Waals surface area contributed by atoms with Gasteiger partial charge in [0.25, 0.3) is 5.91 Å². The summed E-state index contributed by atoms with van der Waals surface area (Å²) in [6.45, 7) is 2.16. The Hall–Kier alpha value is -2.77. The van der Waals surface area contributed by atoms with E-state index in [4.69, 9.17) is 0 Å². The van der Waals surface area contributed by atoms with Crippen molar-refractivity contribution in [3.05, 3.63) is 85.7 Å². The molecule has 0 spiro atoms. The van der Waals surface area contributed by atoms with E-state index in [-0.39, 0.29) is 17.9 Å². The number of hydrogen-bond donors (Lipinski definition) is 1. The van der Waals surface area contributed by atoms with Crippen LogP contribution in [0.3, 0.4) is 0 Å². The van der Waals surface area contributed by atoms with Crippen LogP contribution >= 0.6 is 22.7 Å². The van der Waals surface area contributed by atoms with Crippen molar-refractivity contribution in [2.75, 3.05) is 0 Å². The fourth-order valence-electron chi connectivity index (χ4n) is 3.19. The monoisotopic (exact) mass is 396 g/mol. The molecule has 3 aromatic heterocycles. The van der Waals surface area contributed by atoms with Crippen molar-refractivity contribution in [1.29, 1.82) is 0 Å². The second-order valence-corrected chi connectivity index (χ2v) is 8.09. The predicted molar refractivity (Wildman–Crippen MR) is 105 cm³/mol. The fraction of sp³-hybridized carbons (Fsp3) is 0.150. The van der Waals surface area contributed by atoms with Crippen LogP contribution < -0.4 is 0 Å². The van der Waals surface area contributed by atoms with E-state index in [9.17, 15) is 14.7 Å². The molecule has 136 valence electrons. The number of Topliss-reactive ketones (excluding diaryl/α,β-unsaturated/α-hetero) is 1. The van der Waals surface area contributed by atoms with Crippen LogP contribution in [0.15, 0.2) is 64.7 Å². The van der Waals surface area contributed by atoms with E-state index in [0.29, 0.717) is 10.6 Å². The Morgan fingerprint density at radius 1 is 1.19 bits per heavy atom. The average molecular weight is 396 g/mol. The topological polar surface area (TPSA) is 70.5 Å². The second-order valence-electron chi connectivity index (χ2n) is 6.19. The molecule has 1 N–H and O–H groups in total. The summed E-state index contributed by atoms with van der Waals surface area (Å²) in [7, 11) is 0. The van der Waals surface area contributed by atoms with E-state index >= 15 is 0 Å². The van der Waals surface area contributed by atoms with Crippen LogP contribution in [0.4, 0.5) is 0 Å². The van der Waals surface area contributed by atoms with Crippen LogP contribution in [0.5, 0.6) is 0 Å². The number of carbonyl (C=O) groups excluding carboxylic acids is 2. The molecule has 1 aliphatic heterocycles. The maximum atomic E-state index is 13.1. The van der Waals surface area contributed by atoms with Gasteiger partial charge in [-0.3, -0.25) is 14.6 Å². The maximum Gasteiger partial charge on any atom is 0.290 e. The normalized spacial score (nSPS) is 17.0. The van der Waals surface area contributed by atoms with Crippen molar-refractivity contribution < 1.29 is 14.7 Å². The molecule has 5 nitrogen and oxygen atoms in total. The number of aromatic nitrogens is 1. The summed E-state index contributed by atoms with van der Waals surface area (Å²) in [5.41, 5.74) is 1.82. The molecule has 3 aromatic rings. The van der Waals surface area contributed by atoms with Gasteiger partial charge in [0.15, 0.2) is 5.76 Å². The Bertz CT molecular complexity index is 1020. The van der Waals surface area contributed by atoms with Crippen molar-refractivity contribution >= 4 is 34.4 Å². The van der Waals surface area contributed by atoms with E-state index in [1.807, 2.05) is 30.5 Å². The quantitative estimate of drug-likeness (QED) is 0.653. The Kier molecular flexibility index (Phi) is 4.63. The first-order valence-corrected chi connectivity index (χ1v) is 10.1. The van der Waals surface area contributed by atoms with Gasteiger partial charge in [-0.15, -0.1) is 22.7 Å². The van der Waals surface area contributed by atoms with Crippen molar-refractivity contribution in [2.45, 2.75) is 19.5 Å². The van der Waals surface area contributed by atoms with Gasteiger partial charge in [0.2, 0.25) is 5.78 Å². The van der Waals surface area contributed by atoms with Gasteiger partial charge < -0.3 is 10.0 Å². The smallest absolute Gasteiger partial charge is 0.290 e. The van der Waals surface area contributed by atoms with Gasteiger partial charge in [0.1, 0.15) is 6.04 Å². The highest BCUT2D eigenvalue weighted by atomic mass is 32.1. The second kappa shape index (κ2) is 7.09. The number of aryl methyl sites for hydroxylation is 1. The number of ketones is 1. The molecule has 4 heterocycles. The van der Waals surface area contributed by atoms with Crippen molar-refractivity contribution in [3.63, 3.8) is 0 Å². The molecule has 1 unspecified atom stereocenters. The number of nitrogens with zero attached hydrogens (tertiary/aromatic N) is 2. The van der Waals surface area contributed by atoms with Crippen LogP contribution in [-0.2, 0) is 11.3 Å². The first-order valence-electron chi connectivity index (χ1n) is 8.34. The number of pyridine rings is 1. The third-order valence-corrected chi connectivity index (χ3v) is 6.44. The highest BCUT2D eigenvalue weighted by Crippen LogP contribution is 2.43. The lowest BCUT2D eigenvalue weighted by Gasteiger charge is -2.26. The molecule has 0 saturated heterocycles. The van der Waals surface area contributed by atoms with Crippen LogP contribution in [0.25, 0.3) is 0 Å². The molecule has 7 heteroatoms. The van der Waals surface area contributed by atoms with Crippen LogP contribution in [0.2, 0.25) is 0 Å². The summed E-state index contributed by atoms with van der Waals surface area (Å²) in [5, 5.41) is 14.3. The van der Waals surface area contributed by atoms with Crippen molar-refractivity contribution in [1.82, 2.24) is 9.88 Å². The zero-order valence-corrected chi connectivity index (χ0v) is 16.1. The third kappa shape index (κ3) is 3.09. The minimum atomic E-state index is -0.617. The molecule has 0 aromatic carbocycles. The molecule has 0 bridgehead atoms. The molecule has 1 amide bonds. The van der Waals surface area contributed by atoms with Gasteiger partial charge in [0.05, 0.1) is 22.7 Å². The molecule has 0 fully saturated rings. The summed E-state index contributed by atoms with van der Waals surface area (Å²) in [4.78, 5) is 33.1. The number of rotatable bonds is 5. The Balaban J connectivity index is 1.80. The molecule has 1 atom stereocenters. The molecular weight excluding hydrogens is 380 g/mol. The van der Waals surface area contributed by atoms with Gasteiger partial charge >= 0.3 is 0 Å². The Morgan fingerprint density at radius 3 is 2.67 bits per heavy atom. The minimum absolute atomic E-state index is 0.143. The highest BCUT2D eigenvalue weighted by Gasteiger charge is 2.45.